The molecular formula is C12H7Cl2IO. The predicted molar refractivity (Wildman–Crippen MR) is 75.7 cm³/mol. The van der Waals surface area contributed by atoms with Crippen LogP contribution < -0.4 is 4.74 Å². The summed E-state index contributed by atoms with van der Waals surface area (Å²) in [5, 5.41) is 0.924. The van der Waals surface area contributed by atoms with Crippen LogP contribution in [0.25, 0.3) is 0 Å². The van der Waals surface area contributed by atoms with E-state index in [4.69, 9.17) is 27.9 Å². The first kappa shape index (κ1) is 12.0. The Morgan fingerprint density at radius 1 is 1.00 bits per heavy atom. The molecule has 0 saturated heterocycles. The molecule has 0 aliphatic rings. The molecular weight excluding hydrogens is 358 g/mol. The summed E-state index contributed by atoms with van der Waals surface area (Å²) < 4.78 is 6.75. The van der Waals surface area contributed by atoms with Crippen LogP contribution in [0, 0.1) is 3.57 Å². The van der Waals surface area contributed by atoms with Crippen molar-refractivity contribution in [3.63, 3.8) is 0 Å². The van der Waals surface area contributed by atoms with Crippen molar-refractivity contribution in [2.75, 3.05) is 0 Å². The van der Waals surface area contributed by atoms with E-state index in [0.29, 0.717) is 15.8 Å². The molecule has 0 spiro atoms. The highest BCUT2D eigenvalue weighted by molar-refractivity contribution is 14.1. The van der Waals surface area contributed by atoms with Gasteiger partial charge in [0.25, 0.3) is 0 Å². The lowest BCUT2D eigenvalue weighted by Gasteiger charge is -2.08. The van der Waals surface area contributed by atoms with E-state index in [2.05, 4.69) is 22.6 Å². The maximum atomic E-state index is 6.02. The van der Waals surface area contributed by atoms with Crippen molar-refractivity contribution in [1.29, 1.82) is 0 Å². The molecule has 0 aliphatic carbocycles. The highest BCUT2D eigenvalue weighted by Crippen LogP contribution is 2.34. The van der Waals surface area contributed by atoms with E-state index in [1.807, 2.05) is 24.3 Å². The van der Waals surface area contributed by atoms with E-state index in [0.717, 1.165) is 9.32 Å². The number of benzene rings is 2. The third-order valence-corrected chi connectivity index (χ3v) is 3.41. The highest BCUT2D eigenvalue weighted by Gasteiger charge is 2.06. The monoisotopic (exact) mass is 364 g/mol. The second kappa shape index (κ2) is 5.25. The van der Waals surface area contributed by atoms with Crippen molar-refractivity contribution < 1.29 is 4.74 Å². The Morgan fingerprint density at radius 3 is 2.50 bits per heavy atom. The first-order chi connectivity index (χ1) is 7.66. The highest BCUT2D eigenvalue weighted by atomic mass is 127. The van der Waals surface area contributed by atoms with Gasteiger partial charge >= 0.3 is 0 Å². The molecule has 0 radical (unpaired) electrons. The summed E-state index contributed by atoms with van der Waals surface area (Å²) in [5.41, 5.74) is 0. The average Bonchev–Trinajstić information content (AvgIpc) is 2.25. The van der Waals surface area contributed by atoms with Gasteiger partial charge in [-0.3, -0.25) is 0 Å². The summed E-state index contributed by atoms with van der Waals surface area (Å²) in [7, 11) is 0. The van der Waals surface area contributed by atoms with Crippen LogP contribution in [0.1, 0.15) is 0 Å². The Balaban J connectivity index is 2.31. The van der Waals surface area contributed by atoms with Crippen molar-refractivity contribution >= 4 is 45.8 Å². The number of halogens is 3. The van der Waals surface area contributed by atoms with Crippen LogP contribution in [-0.2, 0) is 0 Å². The molecule has 2 rings (SSSR count). The number of ether oxygens (including phenoxy) is 1. The van der Waals surface area contributed by atoms with Gasteiger partial charge in [0.05, 0.1) is 5.02 Å². The van der Waals surface area contributed by atoms with Gasteiger partial charge in [-0.15, -0.1) is 0 Å². The van der Waals surface area contributed by atoms with Gasteiger partial charge < -0.3 is 4.74 Å². The molecule has 0 aliphatic heterocycles. The molecule has 0 fully saturated rings. The van der Waals surface area contributed by atoms with E-state index in [1.165, 1.54) is 0 Å². The maximum Gasteiger partial charge on any atom is 0.147 e. The van der Waals surface area contributed by atoms with E-state index in [9.17, 15) is 0 Å². The molecule has 0 amide bonds. The SMILES string of the molecule is Clc1cccc(Oc2cccc(I)c2)c1Cl. The van der Waals surface area contributed by atoms with Gasteiger partial charge in [-0.2, -0.15) is 0 Å². The molecule has 0 saturated carbocycles. The molecule has 0 bridgehead atoms. The molecule has 0 unspecified atom stereocenters. The summed E-state index contributed by atoms with van der Waals surface area (Å²) in [6.07, 6.45) is 0. The molecule has 0 aromatic heterocycles. The molecule has 82 valence electrons. The molecule has 4 heteroatoms. The summed E-state index contributed by atoms with van der Waals surface area (Å²) in [6, 6.07) is 13.0. The van der Waals surface area contributed by atoms with Gasteiger partial charge in [0.15, 0.2) is 0 Å². The molecule has 1 nitrogen and oxygen atoms in total. The third kappa shape index (κ3) is 2.81. The van der Waals surface area contributed by atoms with Crippen molar-refractivity contribution in [1.82, 2.24) is 0 Å². The Morgan fingerprint density at radius 2 is 1.75 bits per heavy atom. The zero-order valence-electron chi connectivity index (χ0n) is 8.08. The van der Waals surface area contributed by atoms with Crippen molar-refractivity contribution in [3.05, 3.63) is 56.1 Å². The van der Waals surface area contributed by atoms with Crippen LogP contribution in [0.5, 0.6) is 11.5 Å². The molecule has 0 N–H and O–H groups in total. The Kier molecular flexibility index (Phi) is 3.95. The number of hydrogen-bond acceptors (Lipinski definition) is 1. The fraction of sp³-hybridized carbons (Fsp3) is 0. The standard InChI is InChI=1S/C12H7Cl2IO/c13-10-5-2-6-11(12(10)14)16-9-4-1-3-8(15)7-9/h1-7H. The van der Waals surface area contributed by atoms with Crippen LogP contribution in [0.15, 0.2) is 42.5 Å². The lowest BCUT2D eigenvalue weighted by Crippen LogP contribution is -1.86. The lowest BCUT2D eigenvalue weighted by molar-refractivity contribution is 0.482. The smallest absolute Gasteiger partial charge is 0.147 e. The van der Waals surface area contributed by atoms with Crippen LogP contribution in [0.4, 0.5) is 0 Å². The number of rotatable bonds is 2. The number of hydrogen-bond donors (Lipinski definition) is 0. The quantitative estimate of drug-likeness (QED) is 0.649. The van der Waals surface area contributed by atoms with Crippen molar-refractivity contribution in [2.24, 2.45) is 0 Å². The minimum Gasteiger partial charge on any atom is -0.456 e. The van der Waals surface area contributed by atoms with Gasteiger partial charge in [-0.25, -0.2) is 0 Å². The van der Waals surface area contributed by atoms with Crippen LogP contribution in [0.2, 0.25) is 10.0 Å². The molecule has 2 aromatic carbocycles. The summed E-state index contributed by atoms with van der Waals surface area (Å²) in [4.78, 5) is 0. The lowest BCUT2D eigenvalue weighted by atomic mass is 10.3. The van der Waals surface area contributed by atoms with Gasteiger partial charge in [-0.1, -0.05) is 35.3 Å². The van der Waals surface area contributed by atoms with Gasteiger partial charge in [0, 0.05) is 3.57 Å². The molecule has 16 heavy (non-hydrogen) atoms. The predicted octanol–water partition coefficient (Wildman–Crippen LogP) is 5.39. The first-order valence-corrected chi connectivity index (χ1v) is 6.38. The molecule has 2 aromatic rings. The molecule has 0 atom stereocenters. The average molecular weight is 365 g/mol. The van der Waals surface area contributed by atoms with E-state index < -0.39 is 0 Å². The van der Waals surface area contributed by atoms with Crippen molar-refractivity contribution in [2.45, 2.75) is 0 Å². The van der Waals surface area contributed by atoms with Gasteiger partial charge in [-0.05, 0) is 52.9 Å². The van der Waals surface area contributed by atoms with E-state index in [1.54, 1.807) is 18.2 Å². The fourth-order valence-corrected chi connectivity index (χ4v) is 2.07. The normalized spacial score (nSPS) is 10.2. The fourth-order valence-electron chi connectivity index (χ4n) is 1.22. The Labute approximate surface area is 117 Å². The van der Waals surface area contributed by atoms with Crippen LogP contribution in [-0.4, -0.2) is 0 Å². The zero-order valence-corrected chi connectivity index (χ0v) is 11.8. The Bertz CT molecular complexity index is 514. The largest absolute Gasteiger partial charge is 0.456 e. The zero-order chi connectivity index (χ0) is 11.5. The van der Waals surface area contributed by atoms with E-state index in [-0.39, 0.29) is 0 Å². The topological polar surface area (TPSA) is 9.23 Å². The van der Waals surface area contributed by atoms with Crippen molar-refractivity contribution in [3.8, 4) is 11.5 Å². The third-order valence-electron chi connectivity index (χ3n) is 1.94. The maximum absolute atomic E-state index is 6.02. The van der Waals surface area contributed by atoms with Crippen LogP contribution >= 0.6 is 45.8 Å². The second-order valence-corrected chi connectivity index (χ2v) is 5.14. The first-order valence-electron chi connectivity index (χ1n) is 4.54. The van der Waals surface area contributed by atoms with Crippen LogP contribution in [0.3, 0.4) is 0 Å². The van der Waals surface area contributed by atoms with E-state index >= 15 is 0 Å². The summed E-state index contributed by atoms with van der Waals surface area (Å²) in [5.74, 6) is 1.31. The minimum atomic E-state index is 0.433. The summed E-state index contributed by atoms with van der Waals surface area (Å²) >= 11 is 14.1. The summed E-state index contributed by atoms with van der Waals surface area (Å²) in [6.45, 7) is 0. The molecule has 0 heterocycles. The second-order valence-electron chi connectivity index (χ2n) is 3.11. The van der Waals surface area contributed by atoms with Gasteiger partial charge in [0.2, 0.25) is 0 Å². The minimum absolute atomic E-state index is 0.433. The van der Waals surface area contributed by atoms with Gasteiger partial charge in [0.1, 0.15) is 16.5 Å². The Hall–Kier alpha value is -0.450.